The van der Waals surface area contributed by atoms with Crippen LogP contribution in [0.25, 0.3) is 0 Å². The van der Waals surface area contributed by atoms with Crippen molar-refractivity contribution in [3.8, 4) is 0 Å². The molecular weight excluding hydrogens is 206 g/mol. The number of hydrogen-bond donors (Lipinski definition) is 1. The molecule has 1 heterocycles. The van der Waals surface area contributed by atoms with Crippen LogP contribution in [0.1, 0.15) is 36.3 Å². The highest BCUT2D eigenvalue weighted by atomic mass is 16.5. The third-order valence-corrected chi connectivity index (χ3v) is 3.62. The van der Waals surface area contributed by atoms with Crippen molar-refractivity contribution in [1.29, 1.82) is 0 Å². The lowest BCUT2D eigenvalue weighted by Gasteiger charge is -2.15. The first kappa shape index (κ1) is 11.2. The maximum absolute atomic E-state index is 11.1. The number of rotatable bonds is 3. The minimum absolute atomic E-state index is 0.186. The summed E-state index contributed by atoms with van der Waals surface area (Å²) in [5.41, 5.74) is 1.99. The lowest BCUT2D eigenvalue weighted by Crippen LogP contribution is -2.20. The summed E-state index contributed by atoms with van der Waals surface area (Å²) in [6.45, 7) is 3.80. The Balaban J connectivity index is 2.12. The molecule has 1 aromatic heterocycles. The number of aryl methyl sites for hydroxylation is 2. The van der Waals surface area contributed by atoms with Crippen molar-refractivity contribution >= 4 is 5.97 Å². The molecule has 0 amide bonds. The molecule has 0 saturated heterocycles. The Morgan fingerprint density at radius 2 is 2.25 bits per heavy atom. The van der Waals surface area contributed by atoms with E-state index in [1.165, 1.54) is 0 Å². The highest BCUT2D eigenvalue weighted by Crippen LogP contribution is 2.35. The maximum Gasteiger partial charge on any atom is 0.306 e. The first-order chi connectivity index (χ1) is 7.59. The molecule has 0 radical (unpaired) electrons. The molecule has 1 fully saturated rings. The van der Waals surface area contributed by atoms with E-state index >= 15 is 0 Å². The summed E-state index contributed by atoms with van der Waals surface area (Å²) in [7, 11) is 0. The fourth-order valence-corrected chi connectivity index (χ4v) is 2.66. The SMILES string of the molecule is Cc1noc(C)c1CC1CCCC1C(=O)O. The Hall–Kier alpha value is -1.32. The molecule has 2 unspecified atom stereocenters. The summed E-state index contributed by atoms with van der Waals surface area (Å²) in [4.78, 5) is 11.1. The van der Waals surface area contributed by atoms with Crippen LogP contribution < -0.4 is 0 Å². The van der Waals surface area contributed by atoms with Crippen LogP contribution >= 0.6 is 0 Å². The zero-order valence-corrected chi connectivity index (χ0v) is 9.69. The summed E-state index contributed by atoms with van der Waals surface area (Å²) in [6, 6.07) is 0. The molecule has 1 saturated carbocycles. The first-order valence-electron chi connectivity index (χ1n) is 5.74. The number of hydrogen-bond acceptors (Lipinski definition) is 3. The minimum Gasteiger partial charge on any atom is -0.481 e. The van der Waals surface area contributed by atoms with Gasteiger partial charge in [-0.3, -0.25) is 4.79 Å². The van der Waals surface area contributed by atoms with Crippen LogP contribution in [0.4, 0.5) is 0 Å². The average Bonchev–Trinajstić information content (AvgIpc) is 2.80. The van der Waals surface area contributed by atoms with Crippen LogP contribution in [0.2, 0.25) is 0 Å². The van der Waals surface area contributed by atoms with Crippen molar-refractivity contribution in [3.63, 3.8) is 0 Å². The Labute approximate surface area is 94.6 Å². The molecule has 0 spiro atoms. The smallest absolute Gasteiger partial charge is 0.306 e. The molecule has 1 aliphatic rings. The fraction of sp³-hybridized carbons (Fsp3) is 0.667. The van der Waals surface area contributed by atoms with Crippen LogP contribution in [-0.4, -0.2) is 16.2 Å². The van der Waals surface area contributed by atoms with Gasteiger partial charge in [0.2, 0.25) is 0 Å². The first-order valence-corrected chi connectivity index (χ1v) is 5.74. The number of carboxylic acid groups (broad SMARTS) is 1. The Morgan fingerprint density at radius 1 is 1.50 bits per heavy atom. The standard InChI is InChI=1S/C12H17NO3/c1-7-11(8(2)16-13-7)6-9-4-3-5-10(9)12(14)15/h9-10H,3-6H2,1-2H3,(H,14,15). The highest BCUT2D eigenvalue weighted by molar-refractivity contribution is 5.70. The van der Waals surface area contributed by atoms with Crippen molar-refractivity contribution in [2.45, 2.75) is 39.5 Å². The van der Waals surface area contributed by atoms with Gasteiger partial charge in [0.05, 0.1) is 11.6 Å². The topological polar surface area (TPSA) is 63.3 Å². The van der Waals surface area contributed by atoms with Gasteiger partial charge < -0.3 is 9.63 Å². The highest BCUT2D eigenvalue weighted by Gasteiger charge is 2.33. The molecule has 1 N–H and O–H groups in total. The Kier molecular flexibility index (Phi) is 2.99. The van der Waals surface area contributed by atoms with Crippen LogP contribution in [0.15, 0.2) is 4.52 Å². The number of carboxylic acids is 1. The zero-order valence-electron chi connectivity index (χ0n) is 9.69. The summed E-state index contributed by atoms with van der Waals surface area (Å²) >= 11 is 0. The fourth-order valence-electron chi connectivity index (χ4n) is 2.66. The second-order valence-electron chi connectivity index (χ2n) is 4.64. The molecule has 1 aliphatic carbocycles. The molecule has 4 nitrogen and oxygen atoms in total. The second kappa shape index (κ2) is 4.28. The monoisotopic (exact) mass is 223 g/mol. The number of aromatic nitrogens is 1. The number of carbonyl (C=O) groups is 1. The van der Waals surface area contributed by atoms with Gasteiger partial charge in [0.25, 0.3) is 0 Å². The third kappa shape index (κ3) is 1.96. The van der Waals surface area contributed by atoms with E-state index in [-0.39, 0.29) is 11.8 Å². The number of aliphatic carboxylic acids is 1. The quantitative estimate of drug-likeness (QED) is 0.854. The van der Waals surface area contributed by atoms with Crippen molar-refractivity contribution in [3.05, 3.63) is 17.0 Å². The van der Waals surface area contributed by atoms with Crippen LogP contribution in [0.5, 0.6) is 0 Å². The van der Waals surface area contributed by atoms with Crippen LogP contribution in [0, 0.1) is 25.7 Å². The molecule has 0 aromatic carbocycles. The third-order valence-electron chi connectivity index (χ3n) is 3.62. The van der Waals surface area contributed by atoms with Gasteiger partial charge >= 0.3 is 5.97 Å². The van der Waals surface area contributed by atoms with Gasteiger partial charge in [0.1, 0.15) is 5.76 Å². The summed E-state index contributed by atoms with van der Waals surface area (Å²) in [5.74, 6) is 0.228. The van der Waals surface area contributed by atoms with E-state index in [1.54, 1.807) is 0 Å². The van der Waals surface area contributed by atoms with Crippen LogP contribution in [-0.2, 0) is 11.2 Å². The van der Waals surface area contributed by atoms with Gasteiger partial charge in [-0.15, -0.1) is 0 Å². The lowest BCUT2D eigenvalue weighted by molar-refractivity contribution is -0.142. The number of nitrogens with zero attached hydrogens (tertiary/aromatic N) is 1. The van der Waals surface area contributed by atoms with Crippen molar-refractivity contribution in [2.24, 2.45) is 11.8 Å². The minimum atomic E-state index is -0.658. The zero-order chi connectivity index (χ0) is 11.7. The van der Waals surface area contributed by atoms with E-state index in [4.69, 9.17) is 9.63 Å². The van der Waals surface area contributed by atoms with Gasteiger partial charge in [-0.05, 0) is 39.0 Å². The molecule has 0 aliphatic heterocycles. The molecule has 0 bridgehead atoms. The maximum atomic E-state index is 11.1. The normalized spacial score (nSPS) is 24.9. The molecule has 4 heteroatoms. The largest absolute Gasteiger partial charge is 0.481 e. The van der Waals surface area contributed by atoms with Crippen LogP contribution in [0.3, 0.4) is 0 Å². The van der Waals surface area contributed by atoms with E-state index in [1.807, 2.05) is 13.8 Å². The summed E-state index contributed by atoms with van der Waals surface area (Å²) in [5, 5.41) is 13.0. The summed E-state index contributed by atoms with van der Waals surface area (Å²) < 4.78 is 5.10. The van der Waals surface area contributed by atoms with Gasteiger partial charge in [0.15, 0.2) is 0 Å². The van der Waals surface area contributed by atoms with Gasteiger partial charge in [-0.2, -0.15) is 0 Å². The average molecular weight is 223 g/mol. The molecule has 88 valence electrons. The predicted molar refractivity (Wildman–Crippen MR) is 58.1 cm³/mol. The van der Waals surface area contributed by atoms with E-state index in [0.29, 0.717) is 0 Å². The Bertz CT molecular complexity index is 377. The second-order valence-corrected chi connectivity index (χ2v) is 4.64. The van der Waals surface area contributed by atoms with E-state index in [9.17, 15) is 4.79 Å². The van der Waals surface area contributed by atoms with Crippen molar-refractivity contribution in [2.75, 3.05) is 0 Å². The van der Waals surface area contributed by atoms with E-state index < -0.39 is 5.97 Å². The predicted octanol–water partition coefficient (Wildman–Crippen LogP) is 2.33. The van der Waals surface area contributed by atoms with Crippen molar-refractivity contribution in [1.82, 2.24) is 5.16 Å². The Morgan fingerprint density at radius 3 is 2.81 bits per heavy atom. The molecular formula is C12H17NO3. The van der Waals surface area contributed by atoms with Gasteiger partial charge in [-0.25, -0.2) is 0 Å². The molecule has 1 aromatic rings. The molecule has 2 rings (SSSR count). The summed E-state index contributed by atoms with van der Waals surface area (Å²) in [6.07, 6.45) is 3.62. The van der Waals surface area contributed by atoms with E-state index in [2.05, 4.69) is 5.16 Å². The lowest BCUT2D eigenvalue weighted by atomic mass is 9.89. The molecule has 16 heavy (non-hydrogen) atoms. The van der Waals surface area contributed by atoms with Crippen molar-refractivity contribution < 1.29 is 14.4 Å². The van der Waals surface area contributed by atoms with Gasteiger partial charge in [0, 0.05) is 5.56 Å². The molecule has 2 atom stereocenters. The van der Waals surface area contributed by atoms with Gasteiger partial charge in [-0.1, -0.05) is 11.6 Å². The van der Waals surface area contributed by atoms with E-state index in [0.717, 1.165) is 42.7 Å².